The van der Waals surface area contributed by atoms with Crippen molar-refractivity contribution in [3.05, 3.63) is 76.7 Å². The highest BCUT2D eigenvalue weighted by atomic mass is 32.2. The largest absolute Gasteiger partial charge is 0.481 e. The van der Waals surface area contributed by atoms with Gasteiger partial charge in [-0.05, 0) is 64.6 Å². The summed E-state index contributed by atoms with van der Waals surface area (Å²) in [4.78, 5) is 20.0. The van der Waals surface area contributed by atoms with E-state index in [4.69, 9.17) is 9.72 Å². The van der Waals surface area contributed by atoms with Crippen LogP contribution in [0.3, 0.4) is 0 Å². The van der Waals surface area contributed by atoms with Gasteiger partial charge in [-0.1, -0.05) is 32.9 Å². The zero-order valence-electron chi connectivity index (χ0n) is 19.8. The average Bonchev–Trinajstić information content (AvgIpc) is 2.76. The number of H-pyrrole nitrogens is 1. The molecule has 2 aromatic heterocycles. The van der Waals surface area contributed by atoms with Crippen LogP contribution in [0.1, 0.15) is 26.3 Å². The molecule has 0 saturated carbocycles. The molecule has 7 nitrogen and oxygen atoms in total. The maximum absolute atomic E-state index is 12.5. The molecule has 2 N–H and O–H groups in total. The molecule has 2 aromatic carbocycles. The van der Waals surface area contributed by atoms with Gasteiger partial charge in [-0.25, -0.2) is 13.4 Å². The number of fused-ring (bicyclic) bond motifs is 1. The molecule has 0 unspecified atom stereocenters. The van der Waals surface area contributed by atoms with Crippen LogP contribution in [0, 0.1) is 0 Å². The molecule has 0 aliphatic rings. The predicted molar refractivity (Wildman–Crippen MR) is 137 cm³/mol. The number of aromatic nitrogens is 2. The van der Waals surface area contributed by atoms with Crippen LogP contribution in [0.4, 0.5) is 5.69 Å². The Hall–Kier alpha value is -3.65. The number of sulfonamides is 1. The average molecular weight is 478 g/mol. The molecule has 0 spiro atoms. The number of aromatic amines is 1. The number of methoxy groups -OCH3 is 1. The monoisotopic (exact) mass is 477 g/mol. The zero-order valence-corrected chi connectivity index (χ0v) is 20.6. The smallest absolute Gasteiger partial charge is 0.256 e. The summed E-state index contributed by atoms with van der Waals surface area (Å²) in [6.45, 7) is 6.36. The molecule has 8 heteroatoms. The van der Waals surface area contributed by atoms with Gasteiger partial charge in [-0.15, -0.1) is 0 Å². The Morgan fingerprint density at radius 2 is 1.68 bits per heavy atom. The number of ether oxygens (including phenoxy) is 1. The first-order valence-electron chi connectivity index (χ1n) is 10.8. The minimum Gasteiger partial charge on any atom is -0.481 e. The van der Waals surface area contributed by atoms with Crippen LogP contribution in [0.15, 0.2) is 65.6 Å². The van der Waals surface area contributed by atoms with Crippen molar-refractivity contribution in [2.24, 2.45) is 0 Å². The molecule has 4 aromatic rings. The van der Waals surface area contributed by atoms with Crippen molar-refractivity contribution in [2.75, 3.05) is 18.1 Å². The Labute approximate surface area is 198 Å². The minimum atomic E-state index is -3.35. The molecule has 0 saturated heterocycles. The van der Waals surface area contributed by atoms with E-state index in [1.165, 1.54) is 0 Å². The molecule has 0 bridgehead atoms. The first-order chi connectivity index (χ1) is 16.0. The molecule has 0 atom stereocenters. The van der Waals surface area contributed by atoms with Crippen LogP contribution >= 0.6 is 0 Å². The summed E-state index contributed by atoms with van der Waals surface area (Å²) in [5.74, 6) is 0.388. The van der Waals surface area contributed by atoms with Gasteiger partial charge in [0.05, 0.1) is 30.0 Å². The van der Waals surface area contributed by atoms with Gasteiger partial charge in [-0.3, -0.25) is 9.52 Å². The fourth-order valence-corrected chi connectivity index (χ4v) is 4.50. The van der Waals surface area contributed by atoms with Gasteiger partial charge in [0, 0.05) is 17.3 Å². The van der Waals surface area contributed by atoms with Gasteiger partial charge < -0.3 is 9.72 Å². The molecule has 4 rings (SSSR count). The zero-order chi connectivity index (χ0) is 24.7. The van der Waals surface area contributed by atoms with Crippen LogP contribution in [0.2, 0.25) is 0 Å². The third-order valence-electron chi connectivity index (χ3n) is 5.51. The summed E-state index contributed by atoms with van der Waals surface area (Å²) < 4.78 is 31.1. The lowest BCUT2D eigenvalue weighted by Gasteiger charge is -2.23. The summed E-state index contributed by atoms with van der Waals surface area (Å²) in [6.07, 6.45) is 2.71. The van der Waals surface area contributed by atoms with Crippen molar-refractivity contribution in [2.45, 2.75) is 26.2 Å². The second-order valence-electron chi connectivity index (χ2n) is 9.26. The van der Waals surface area contributed by atoms with E-state index in [-0.39, 0.29) is 11.0 Å². The molecule has 0 fully saturated rings. The molecular weight excluding hydrogens is 450 g/mol. The van der Waals surface area contributed by atoms with E-state index in [0.29, 0.717) is 22.7 Å². The van der Waals surface area contributed by atoms with Gasteiger partial charge in [0.2, 0.25) is 15.9 Å². The van der Waals surface area contributed by atoms with Gasteiger partial charge >= 0.3 is 0 Å². The molecule has 2 heterocycles. The van der Waals surface area contributed by atoms with E-state index >= 15 is 0 Å². The molecule has 0 aliphatic heterocycles. The maximum Gasteiger partial charge on any atom is 0.256 e. The van der Waals surface area contributed by atoms with Gasteiger partial charge in [0.1, 0.15) is 0 Å². The highest BCUT2D eigenvalue weighted by molar-refractivity contribution is 7.92. The second kappa shape index (κ2) is 8.61. The fourth-order valence-electron chi connectivity index (χ4n) is 3.94. The Bertz CT molecular complexity index is 1530. The number of anilines is 1. The molecule has 34 heavy (non-hydrogen) atoms. The number of pyridine rings is 2. The minimum absolute atomic E-state index is 0.213. The van der Waals surface area contributed by atoms with Gasteiger partial charge in [0.25, 0.3) is 5.56 Å². The van der Waals surface area contributed by atoms with Crippen LogP contribution in [0.5, 0.6) is 5.88 Å². The standard InChI is InChI=1S/C26H27N3O4S/c1-26(2,3)22-15-17(16-8-10-19(11-9-16)29-34(5,31)32)13-18-14-21(25(33-4)28-23(18)22)20-7-6-12-27-24(20)30/h6-15,29H,1-5H3,(H,27,30). The SMILES string of the molecule is COc1nc2c(C(C)(C)C)cc(-c3ccc(NS(C)(=O)=O)cc3)cc2cc1-c1ccc[nH]c1=O. The van der Waals surface area contributed by atoms with E-state index in [0.717, 1.165) is 33.8 Å². The highest BCUT2D eigenvalue weighted by Crippen LogP contribution is 2.38. The van der Waals surface area contributed by atoms with E-state index in [1.54, 1.807) is 37.6 Å². The quantitative estimate of drug-likeness (QED) is 0.424. The number of benzene rings is 2. The predicted octanol–water partition coefficient (Wildman–Crippen LogP) is 4.93. The van der Waals surface area contributed by atoms with Crippen molar-refractivity contribution in [3.63, 3.8) is 0 Å². The first-order valence-corrected chi connectivity index (χ1v) is 12.6. The van der Waals surface area contributed by atoms with Crippen molar-refractivity contribution >= 4 is 26.6 Å². The normalized spacial score (nSPS) is 12.0. The van der Waals surface area contributed by atoms with E-state index in [9.17, 15) is 13.2 Å². The van der Waals surface area contributed by atoms with Crippen LogP contribution in [-0.2, 0) is 15.4 Å². The van der Waals surface area contributed by atoms with Crippen molar-refractivity contribution in [1.82, 2.24) is 9.97 Å². The van der Waals surface area contributed by atoms with Crippen LogP contribution in [0.25, 0.3) is 33.2 Å². The summed E-state index contributed by atoms with van der Waals surface area (Å²) in [6, 6.07) is 16.8. The maximum atomic E-state index is 12.5. The van der Waals surface area contributed by atoms with E-state index in [2.05, 4.69) is 36.5 Å². The number of nitrogens with one attached hydrogen (secondary N) is 2. The number of rotatable bonds is 5. The van der Waals surface area contributed by atoms with Crippen molar-refractivity contribution in [3.8, 4) is 28.1 Å². The molecule has 176 valence electrons. The molecule has 0 amide bonds. The number of hydrogen-bond acceptors (Lipinski definition) is 5. The Balaban J connectivity index is 1.94. The topological polar surface area (TPSA) is 101 Å². The van der Waals surface area contributed by atoms with Crippen LogP contribution in [-0.4, -0.2) is 31.8 Å². The summed E-state index contributed by atoms with van der Waals surface area (Å²) in [5.41, 5.74) is 4.89. The van der Waals surface area contributed by atoms with E-state index in [1.807, 2.05) is 24.3 Å². The Kier molecular flexibility index (Phi) is 5.95. The lowest BCUT2D eigenvalue weighted by Crippen LogP contribution is -2.13. The third-order valence-corrected chi connectivity index (χ3v) is 6.12. The number of hydrogen-bond donors (Lipinski definition) is 2. The van der Waals surface area contributed by atoms with Crippen LogP contribution < -0.4 is 15.0 Å². The Morgan fingerprint density at radius 3 is 2.26 bits per heavy atom. The Morgan fingerprint density at radius 1 is 0.971 bits per heavy atom. The highest BCUT2D eigenvalue weighted by Gasteiger charge is 2.22. The van der Waals surface area contributed by atoms with E-state index < -0.39 is 10.0 Å². The summed E-state index contributed by atoms with van der Waals surface area (Å²) in [7, 11) is -1.80. The summed E-state index contributed by atoms with van der Waals surface area (Å²) >= 11 is 0. The first kappa shape index (κ1) is 23.5. The fraction of sp³-hybridized carbons (Fsp3) is 0.231. The molecule has 0 aliphatic carbocycles. The van der Waals surface area contributed by atoms with Gasteiger partial charge in [0.15, 0.2) is 0 Å². The van der Waals surface area contributed by atoms with Gasteiger partial charge in [-0.2, -0.15) is 0 Å². The molecular formula is C26H27N3O4S. The summed E-state index contributed by atoms with van der Waals surface area (Å²) in [5, 5.41) is 0.875. The third kappa shape index (κ3) is 4.82. The molecule has 0 radical (unpaired) electrons. The second-order valence-corrected chi connectivity index (χ2v) is 11.0. The number of nitrogens with zero attached hydrogens (tertiary/aromatic N) is 1. The lowest BCUT2D eigenvalue weighted by atomic mass is 9.83. The van der Waals surface area contributed by atoms with Crippen molar-refractivity contribution in [1.29, 1.82) is 0 Å². The lowest BCUT2D eigenvalue weighted by molar-refractivity contribution is 0.401. The van der Waals surface area contributed by atoms with Crippen molar-refractivity contribution < 1.29 is 13.2 Å².